The Kier molecular flexibility index (Phi) is 6.42. The average Bonchev–Trinajstić information content (AvgIpc) is 2.61. The van der Waals surface area contributed by atoms with Crippen molar-refractivity contribution in [2.45, 2.75) is 20.4 Å². The Morgan fingerprint density at radius 2 is 1.83 bits per heavy atom. The summed E-state index contributed by atoms with van der Waals surface area (Å²) >= 11 is 0. The number of nitrogens with one attached hydrogen (secondary N) is 1. The minimum absolute atomic E-state index is 0.274. The van der Waals surface area contributed by atoms with Crippen molar-refractivity contribution < 1.29 is 19.0 Å². The first-order valence-corrected chi connectivity index (χ1v) is 7.85. The molecule has 0 aliphatic carbocycles. The predicted molar refractivity (Wildman–Crippen MR) is 91.7 cm³/mol. The normalized spacial score (nSPS) is 10.1. The van der Waals surface area contributed by atoms with Crippen LogP contribution in [0, 0.1) is 0 Å². The molecule has 0 amide bonds. The fourth-order valence-corrected chi connectivity index (χ4v) is 2.09. The molecule has 1 aromatic carbocycles. The van der Waals surface area contributed by atoms with Gasteiger partial charge in [0, 0.05) is 6.54 Å². The molecule has 0 fully saturated rings. The van der Waals surface area contributed by atoms with Crippen LogP contribution in [0.15, 0.2) is 36.4 Å². The van der Waals surface area contributed by atoms with E-state index in [0.717, 1.165) is 11.3 Å². The summed E-state index contributed by atoms with van der Waals surface area (Å²) in [4.78, 5) is 16.3. The summed E-state index contributed by atoms with van der Waals surface area (Å²) in [5.41, 5.74) is 1.42. The minimum Gasteiger partial charge on any atom is -0.497 e. The van der Waals surface area contributed by atoms with Gasteiger partial charge >= 0.3 is 5.97 Å². The Morgan fingerprint density at radius 1 is 1.08 bits per heavy atom. The smallest absolute Gasteiger partial charge is 0.343 e. The van der Waals surface area contributed by atoms with Crippen LogP contribution < -0.4 is 14.8 Å². The molecular weight excluding hydrogens is 308 g/mol. The predicted octanol–water partition coefficient (Wildman–Crippen LogP) is 3.28. The van der Waals surface area contributed by atoms with Gasteiger partial charge in [-0.15, -0.1) is 0 Å². The van der Waals surface area contributed by atoms with Crippen LogP contribution in [0.2, 0.25) is 0 Å². The number of benzene rings is 1. The number of hydrogen-bond acceptors (Lipinski definition) is 6. The van der Waals surface area contributed by atoms with E-state index in [1.807, 2.05) is 31.2 Å². The number of ether oxygens (including phenoxy) is 3. The van der Waals surface area contributed by atoms with Gasteiger partial charge in [-0.3, -0.25) is 0 Å². The van der Waals surface area contributed by atoms with Crippen LogP contribution in [0.5, 0.6) is 11.6 Å². The van der Waals surface area contributed by atoms with Gasteiger partial charge in [-0.2, -0.15) is 4.98 Å². The van der Waals surface area contributed by atoms with Crippen molar-refractivity contribution in [2.75, 3.05) is 25.6 Å². The lowest BCUT2D eigenvalue weighted by atomic mass is 10.2. The lowest BCUT2D eigenvalue weighted by Gasteiger charge is -2.12. The summed E-state index contributed by atoms with van der Waals surface area (Å²) in [5.74, 6) is 1.28. The molecule has 1 aromatic heterocycles. The van der Waals surface area contributed by atoms with Gasteiger partial charge in [0.25, 0.3) is 0 Å². The molecule has 1 heterocycles. The van der Waals surface area contributed by atoms with E-state index in [9.17, 15) is 4.79 Å². The minimum atomic E-state index is -0.435. The second-order valence-electron chi connectivity index (χ2n) is 4.90. The third-order valence-electron chi connectivity index (χ3n) is 3.27. The van der Waals surface area contributed by atoms with Gasteiger partial charge in [0.15, 0.2) is 0 Å². The van der Waals surface area contributed by atoms with Crippen LogP contribution in [-0.2, 0) is 11.3 Å². The lowest BCUT2D eigenvalue weighted by Crippen LogP contribution is -2.10. The Balaban J connectivity index is 2.09. The molecule has 1 N–H and O–H groups in total. The number of aromatic nitrogens is 1. The summed E-state index contributed by atoms with van der Waals surface area (Å²) in [6, 6.07) is 11.1. The van der Waals surface area contributed by atoms with Gasteiger partial charge in [-0.05, 0) is 43.7 Å². The lowest BCUT2D eigenvalue weighted by molar-refractivity contribution is 0.0521. The third-order valence-corrected chi connectivity index (χ3v) is 3.27. The highest BCUT2D eigenvalue weighted by Crippen LogP contribution is 2.21. The number of hydrogen-bond donors (Lipinski definition) is 1. The molecule has 0 bridgehead atoms. The van der Waals surface area contributed by atoms with Crippen molar-refractivity contribution in [1.29, 1.82) is 0 Å². The molecule has 0 atom stereocenters. The van der Waals surface area contributed by atoms with Crippen LogP contribution in [0.25, 0.3) is 0 Å². The van der Waals surface area contributed by atoms with E-state index >= 15 is 0 Å². The van der Waals surface area contributed by atoms with Gasteiger partial charge in [0.1, 0.15) is 17.1 Å². The molecule has 2 rings (SSSR count). The van der Waals surface area contributed by atoms with Gasteiger partial charge in [-0.1, -0.05) is 12.1 Å². The van der Waals surface area contributed by atoms with Crippen LogP contribution in [-0.4, -0.2) is 31.3 Å². The monoisotopic (exact) mass is 330 g/mol. The maximum atomic E-state index is 11.9. The summed E-state index contributed by atoms with van der Waals surface area (Å²) in [7, 11) is 1.64. The van der Waals surface area contributed by atoms with Gasteiger partial charge < -0.3 is 19.5 Å². The molecule has 0 aliphatic rings. The average molecular weight is 330 g/mol. The largest absolute Gasteiger partial charge is 0.497 e. The van der Waals surface area contributed by atoms with Gasteiger partial charge in [-0.25, -0.2) is 4.79 Å². The third kappa shape index (κ3) is 4.62. The van der Waals surface area contributed by atoms with E-state index in [-0.39, 0.29) is 5.88 Å². The number of anilines is 1. The van der Waals surface area contributed by atoms with Crippen LogP contribution in [0.1, 0.15) is 29.8 Å². The van der Waals surface area contributed by atoms with E-state index < -0.39 is 5.97 Å². The molecule has 0 spiro atoms. The molecule has 0 saturated carbocycles. The molecule has 6 nitrogen and oxygen atoms in total. The zero-order valence-corrected chi connectivity index (χ0v) is 14.2. The SMILES string of the molecule is CCOC(=O)c1ccc(NCc2ccc(OC)cc2)nc1OCC. The summed E-state index contributed by atoms with van der Waals surface area (Å²) in [5, 5.41) is 3.21. The number of rotatable bonds is 8. The van der Waals surface area contributed by atoms with Crippen molar-refractivity contribution in [2.24, 2.45) is 0 Å². The first-order valence-electron chi connectivity index (χ1n) is 7.85. The highest BCUT2D eigenvalue weighted by molar-refractivity contribution is 5.92. The molecule has 6 heteroatoms. The van der Waals surface area contributed by atoms with Gasteiger partial charge in [0.05, 0.1) is 20.3 Å². The summed E-state index contributed by atoms with van der Waals surface area (Å²) in [6.45, 7) is 4.93. The topological polar surface area (TPSA) is 69.7 Å². The molecule has 0 radical (unpaired) electrons. The van der Waals surface area contributed by atoms with Crippen molar-refractivity contribution in [3.8, 4) is 11.6 Å². The molecule has 2 aromatic rings. The second kappa shape index (κ2) is 8.76. The zero-order chi connectivity index (χ0) is 17.4. The van der Waals surface area contributed by atoms with E-state index in [4.69, 9.17) is 14.2 Å². The maximum absolute atomic E-state index is 11.9. The number of esters is 1. The Morgan fingerprint density at radius 3 is 2.46 bits per heavy atom. The molecule has 128 valence electrons. The quantitative estimate of drug-likeness (QED) is 0.749. The van der Waals surface area contributed by atoms with Crippen molar-refractivity contribution in [3.05, 3.63) is 47.5 Å². The Hall–Kier alpha value is -2.76. The Bertz CT molecular complexity index is 671. The first-order chi connectivity index (χ1) is 11.7. The van der Waals surface area contributed by atoms with Crippen LogP contribution >= 0.6 is 0 Å². The molecule has 24 heavy (non-hydrogen) atoms. The fourth-order valence-electron chi connectivity index (χ4n) is 2.09. The highest BCUT2D eigenvalue weighted by Gasteiger charge is 2.15. The molecular formula is C18H22N2O4. The van der Waals surface area contributed by atoms with Crippen LogP contribution in [0.4, 0.5) is 5.82 Å². The molecule has 0 aliphatic heterocycles. The van der Waals surface area contributed by atoms with E-state index in [1.165, 1.54) is 0 Å². The number of carbonyl (C=O) groups is 1. The standard InChI is InChI=1S/C18H22N2O4/c1-4-23-17-15(18(21)24-5-2)10-11-16(20-17)19-12-13-6-8-14(22-3)9-7-13/h6-11H,4-5,12H2,1-3H3,(H,19,20). The van der Waals surface area contributed by atoms with Crippen molar-refractivity contribution >= 4 is 11.8 Å². The van der Waals surface area contributed by atoms with E-state index in [0.29, 0.717) is 31.1 Å². The summed E-state index contributed by atoms with van der Waals surface area (Å²) in [6.07, 6.45) is 0. The number of methoxy groups -OCH3 is 1. The maximum Gasteiger partial charge on any atom is 0.343 e. The summed E-state index contributed by atoms with van der Waals surface area (Å²) < 4.78 is 15.6. The second-order valence-corrected chi connectivity index (χ2v) is 4.90. The number of pyridine rings is 1. The molecule has 0 saturated heterocycles. The van der Waals surface area contributed by atoms with Gasteiger partial charge in [0.2, 0.25) is 5.88 Å². The van der Waals surface area contributed by atoms with Crippen molar-refractivity contribution in [3.63, 3.8) is 0 Å². The Labute approximate surface area is 141 Å². The fraction of sp³-hybridized carbons (Fsp3) is 0.333. The zero-order valence-electron chi connectivity index (χ0n) is 14.2. The number of nitrogens with zero attached hydrogens (tertiary/aromatic N) is 1. The van der Waals surface area contributed by atoms with Crippen molar-refractivity contribution in [1.82, 2.24) is 4.98 Å². The van der Waals surface area contributed by atoms with E-state index in [1.54, 1.807) is 26.2 Å². The first kappa shape index (κ1) is 17.6. The van der Waals surface area contributed by atoms with E-state index in [2.05, 4.69) is 10.3 Å². The molecule has 0 unspecified atom stereocenters. The van der Waals surface area contributed by atoms with Crippen LogP contribution in [0.3, 0.4) is 0 Å². The highest BCUT2D eigenvalue weighted by atomic mass is 16.5. The number of carbonyl (C=O) groups excluding carboxylic acids is 1.